The van der Waals surface area contributed by atoms with Crippen molar-refractivity contribution in [2.45, 2.75) is 25.2 Å². The summed E-state index contributed by atoms with van der Waals surface area (Å²) in [4.78, 5) is 13.8. The molecule has 0 fully saturated rings. The van der Waals surface area contributed by atoms with Gasteiger partial charge in [-0.05, 0) is 36.3 Å². The summed E-state index contributed by atoms with van der Waals surface area (Å²) < 4.78 is 1.59. The Kier molecular flexibility index (Phi) is 3.02. The van der Waals surface area contributed by atoms with E-state index in [0.29, 0.717) is 11.5 Å². The van der Waals surface area contributed by atoms with E-state index in [2.05, 4.69) is 21.9 Å². The SMILES string of the molecule is Cn1ncc(N)c1NC(=O)C1CCCc2sccc21. The lowest BCUT2D eigenvalue weighted by Gasteiger charge is -2.21. The molecular weight excluding hydrogens is 260 g/mol. The first-order chi connectivity index (χ1) is 9.16. The molecule has 2 aromatic rings. The van der Waals surface area contributed by atoms with Crippen LogP contribution in [0.1, 0.15) is 29.2 Å². The number of hydrogen-bond acceptors (Lipinski definition) is 4. The number of nitrogens with one attached hydrogen (secondary N) is 1. The highest BCUT2D eigenvalue weighted by molar-refractivity contribution is 7.10. The van der Waals surface area contributed by atoms with Gasteiger partial charge in [0.05, 0.1) is 17.8 Å². The second-order valence-electron chi connectivity index (χ2n) is 4.81. The van der Waals surface area contributed by atoms with Crippen LogP contribution in [0.15, 0.2) is 17.6 Å². The molecule has 6 heteroatoms. The number of thiophene rings is 1. The van der Waals surface area contributed by atoms with Gasteiger partial charge in [0.15, 0.2) is 5.82 Å². The van der Waals surface area contributed by atoms with Crippen molar-refractivity contribution in [2.24, 2.45) is 7.05 Å². The summed E-state index contributed by atoms with van der Waals surface area (Å²) in [5, 5.41) is 8.99. The number of carbonyl (C=O) groups is 1. The van der Waals surface area contributed by atoms with Crippen molar-refractivity contribution in [1.29, 1.82) is 0 Å². The molecule has 3 N–H and O–H groups in total. The highest BCUT2D eigenvalue weighted by atomic mass is 32.1. The molecular formula is C13H16N4OS. The second kappa shape index (κ2) is 4.70. The summed E-state index contributed by atoms with van der Waals surface area (Å²) in [6.45, 7) is 0. The Morgan fingerprint density at radius 3 is 3.21 bits per heavy atom. The van der Waals surface area contributed by atoms with Crippen LogP contribution in [0.4, 0.5) is 11.5 Å². The van der Waals surface area contributed by atoms with E-state index in [1.54, 1.807) is 29.3 Å². The second-order valence-corrected chi connectivity index (χ2v) is 5.81. The van der Waals surface area contributed by atoms with Crippen LogP contribution in [0, 0.1) is 0 Å². The normalized spacial score (nSPS) is 18.1. The van der Waals surface area contributed by atoms with E-state index < -0.39 is 0 Å². The van der Waals surface area contributed by atoms with E-state index in [9.17, 15) is 4.79 Å². The average Bonchev–Trinajstić information content (AvgIpc) is 2.99. The Bertz CT molecular complexity index is 596. The first-order valence-electron chi connectivity index (χ1n) is 6.31. The largest absolute Gasteiger partial charge is 0.394 e. The van der Waals surface area contributed by atoms with Crippen LogP contribution >= 0.6 is 11.3 Å². The smallest absolute Gasteiger partial charge is 0.233 e. The summed E-state index contributed by atoms with van der Waals surface area (Å²) in [6, 6.07) is 2.07. The number of anilines is 2. The monoisotopic (exact) mass is 276 g/mol. The van der Waals surface area contributed by atoms with Crippen LogP contribution in [0.5, 0.6) is 0 Å². The number of hydrogen-bond donors (Lipinski definition) is 2. The summed E-state index contributed by atoms with van der Waals surface area (Å²) in [6.07, 6.45) is 4.59. The highest BCUT2D eigenvalue weighted by Gasteiger charge is 2.28. The molecule has 0 aromatic carbocycles. The Morgan fingerprint density at radius 2 is 2.47 bits per heavy atom. The summed E-state index contributed by atoms with van der Waals surface area (Å²) in [5.41, 5.74) is 7.47. The average molecular weight is 276 g/mol. The fraction of sp³-hybridized carbons (Fsp3) is 0.385. The van der Waals surface area contributed by atoms with E-state index in [4.69, 9.17) is 5.73 Å². The molecule has 0 radical (unpaired) electrons. The van der Waals surface area contributed by atoms with E-state index in [-0.39, 0.29) is 11.8 Å². The van der Waals surface area contributed by atoms with Crippen molar-refractivity contribution in [2.75, 3.05) is 11.1 Å². The van der Waals surface area contributed by atoms with E-state index in [1.807, 2.05) is 0 Å². The van der Waals surface area contributed by atoms with Crippen LogP contribution in [0.2, 0.25) is 0 Å². The molecule has 1 unspecified atom stereocenters. The maximum absolute atomic E-state index is 12.4. The minimum absolute atomic E-state index is 0.00894. The van der Waals surface area contributed by atoms with Gasteiger partial charge in [-0.2, -0.15) is 5.10 Å². The minimum atomic E-state index is -0.0655. The molecule has 5 nitrogen and oxygen atoms in total. The van der Waals surface area contributed by atoms with Gasteiger partial charge in [-0.15, -0.1) is 11.3 Å². The maximum atomic E-state index is 12.4. The Morgan fingerprint density at radius 1 is 1.63 bits per heavy atom. The summed E-state index contributed by atoms with van der Waals surface area (Å²) >= 11 is 1.74. The van der Waals surface area contributed by atoms with Crippen molar-refractivity contribution in [3.63, 3.8) is 0 Å². The summed E-state index contributed by atoms with van der Waals surface area (Å²) in [7, 11) is 1.77. The zero-order valence-corrected chi connectivity index (χ0v) is 11.5. The van der Waals surface area contributed by atoms with Crippen LogP contribution in [0.25, 0.3) is 0 Å². The van der Waals surface area contributed by atoms with E-state index in [1.165, 1.54) is 10.4 Å². The topological polar surface area (TPSA) is 72.9 Å². The lowest BCUT2D eigenvalue weighted by atomic mass is 9.87. The van der Waals surface area contributed by atoms with Gasteiger partial charge in [0.2, 0.25) is 5.91 Å². The first kappa shape index (κ1) is 12.2. The Labute approximate surface area is 115 Å². The first-order valence-corrected chi connectivity index (χ1v) is 7.19. The molecule has 1 amide bonds. The van der Waals surface area contributed by atoms with Gasteiger partial charge in [0, 0.05) is 11.9 Å². The van der Waals surface area contributed by atoms with Crippen LogP contribution in [-0.2, 0) is 18.3 Å². The van der Waals surface area contributed by atoms with Crippen LogP contribution < -0.4 is 11.1 Å². The zero-order valence-electron chi connectivity index (χ0n) is 10.7. The van der Waals surface area contributed by atoms with Gasteiger partial charge in [0.25, 0.3) is 0 Å². The fourth-order valence-corrected chi connectivity index (χ4v) is 3.56. The third-order valence-electron chi connectivity index (χ3n) is 3.58. The fourth-order valence-electron chi connectivity index (χ4n) is 2.57. The molecule has 3 rings (SSSR count). The quantitative estimate of drug-likeness (QED) is 0.882. The lowest BCUT2D eigenvalue weighted by Crippen LogP contribution is -2.25. The number of nitrogens with zero attached hydrogens (tertiary/aromatic N) is 2. The summed E-state index contributed by atoms with van der Waals surface area (Å²) in [5.74, 6) is 0.520. The van der Waals surface area contributed by atoms with Gasteiger partial charge >= 0.3 is 0 Å². The van der Waals surface area contributed by atoms with Crippen molar-refractivity contribution >= 4 is 28.7 Å². The molecule has 1 aliphatic rings. The molecule has 0 aliphatic heterocycles. The molecule has 100 valence electrons. The molecule has 2 aromatic heterocycles. The van der Waals surface area contributed by atoms with Gasteiger partial charge in [0.1, 0.15) is 0 Å². The minimum Gasteiger partial charge on any atom is -0.394 e. The third kappa shape index (κ3) is 2.12. The van der Waals surface area contributed by atoms with Crippen molar-refractivity contribution < 1.29 is 4.79 Å². The predicted molar refractivity (Wildman–Crippen MR) is 76.2 cm³/mol. The van der Waals surface area contributed by atoms with Crippen LogP contribution in [0.3, 0.4) is 0 Å². The zero-order chi connectivity index (χ0) is 13.4. The Hall–Kier alpha value is -1.82. The van der Waals surface area contributed by atoms with E-state index >= 15 is 0 Å². The van der Waals surface area contributed by atoms with Crippen LogP contribution in [-0.4, -0.2) is 15.7 Å². The molecule has 0 saturated heterocycles. The standard InChI is InChI=1S/C13H16N4OS/c1-17-12(10(14)7-15-17)16-13(18)9-3-2-4-11-8(9)5-6-19-11/h5-7,9H,2-4,14H2,1H3,(H,16,18). The number of amides is 1. The molecule has 0 bridgehead atoms. The molecule has 1 atom stereocenters. The number of rotatable bonds is 2. The van der Waals surface area contributed by atoms with Gasteiger partial charge in [-0.25, -0.2) is 0 Å². The molecule has 1 aliphatic carbocycles. The van der Waals surface area contributed by atoms with Crippen molar-refractivity contribution in [3.05, 3.63) is 28.1 Å². The Balaban J connectivity index is 1.83. The van der Waals surface area contributed by atoms with Crippen molar-refractivity contribution in [3.8, 4) is 0 Å². The molecule has 2 heterocycles. The van der Waals surface area contributed by atoms with Gasteiger partial charge < -0.3 is 11.1 Å². The van der Waals surface area contributed by atoms with E-state index in [0.717, 1.165) is 19.3 Å². The number of carbonyl (C=O) groups excluding carboxylic acids is 1. The highest BCUT2D eigenvalue weighted by Crippen LogP contribution is 2.35. The molecule has 0 spiro atoms. The molecule has 0 saturated carbocycles. The lowest BCUT2D eigenvalue weighted by molar-refractivity contribution is -0.117. The number of nitrogens with two attached hydrogens (primary N) is 1. The number of fused-ring (bicyclic) bond motifs is 1. The van der Waals surface area contributed by atoms with Crippen molar-refractivity contribution in [1.82, 2.24) is 9.78 Å². The molecule has 19 heavy (non-hydrogen) atoms. The third-order valence-corrected chi connectivity index (χ3v) is 4.57. The van der Waals surface area contributed by atoms with Gasteiger partial charge in [-0.3, -0.25) is 9.48 Å². The maximum Gasteiger partial charge on any atom is 0.233 e. The predicted octanol–water partition coefficient (Wildman–Crippen LogP) is 2.12. The number of aromatic nitrogens is 2. The number of aryl methyl sites for hydroxylation is 2. The number of nitrogen functional groups attached to an aromatic ring is 1. The van der Waals surface area contributed by atoms with Gasteiger partial charge in [-0.1, -0.05) is 0 Å².